The molecule has 0 spiro atoms. The molecule has 0 aliphatic carbocycles. The number of hydrogen-bond donors (Lipinski definition) is 2. The average Bonchev–Trinajstić information content (AvgIpc) is 2.71. The molecule has 2 aromatic carbocycles. The molecule has 1 unspecified atom stereocenters. The van der Waals surface area contributed by atoms with Crippen LogP contribution in [-0.4, -0.2) is 35.4 Å². The molecule has 2 N–H and O–H groups in total. The maximum Gasteiger partial charge on any atom is 0.216 e. The van der Waals surface area contributed by atoms with E-state index in [2.05, 4.69) is 5.32 Å². The van der Waals surface area contributed by atoms with Crippen LogP contribution in [0.3, 0.4) is 0 Å². The molecular weight excluding hydrogens is 400 g/mol. The summed E-state index contributed by atoms with van der Waals surface area (Å²) in [7, 11) is 0. The van der Waals surface area contributed by atoms with Gasteiger partial charge in [0.2, 0.25) is 12.3 Å². The van der Waals surface area contributed by atoms with Crippen molar-refractivity contribution in [1.82, 2.24) is 10.2 Å². The van der Waals surface area contributed by atoms with Crippen LogP contribution >= 0.6 is 11.6 Å². The first-order valence-electron chi connectivity index (χ1n) is 10.4. The molecule has 0 saturated heterocycles. The number of aryl methyl sites for hydroxylation is 1. The van der Waals surface area contributed by atoms with Gasteiger partial charge in [0, 0.05) is 42.6 Å². The highest BCUT2D eigenvalue weighted by molar-refractivity contribution is 6.33. The largest absolute Gasteiger partial charge is 0.367 e. The molecule has 162 valence electrons. The minimum Gasteiger partial charge on any atom is -0.367 e. The molecule has 6 heteroatoms. The summed E-state index contributed by atoms with van der Waals surface area (Å²) in [5, 5.41) is 15.2. The van der Waals surface area contributed by atoms with Crippen LogP contribution in [0.5, 0.6) is 0 Å². The van der Waals surface area contributed by atoms with Crippen LogP contribution in [0.4, 0.5) is 0 Å². The fourth-order valence-corrected chi connectivity index (χ4v) is 3.92. The van der Waals surface area contributed by atoms with Gasteiger partial charge in [0.15, 0.2) is 5.72 Å². The van der Waals surface area contributed by atoms with Crippen LogP contribution in [0.1, 0.15) is 50.7 Å². The van der Waals surface area contributed by atoms with Crippen molar-refractivity contribution in [2.24, 2.45) is 0 Å². The van der Waals surface area contributed by atoms with Crippen molar-refractivity contribution in [2.45, 2.75) is 52.2 Å². The second kappa shape index (κ2) is 11.1. The number of nitrogens with one attached hydrogen (secondary N) is 1. The molecule has 0 saturated carbocycles. The topological polar surface area (TPSA) is 69.6 Å². The molecule has 0 heterocycles. The highest BCUT2D eigenvalue weighted by atomic mass is 35.5. The molecule has 1 atom stereocenters. The van der Waals surface area contributed by atoms with E-state index in [1.807, 2.05) is 44.2 Å². The third kappa shape index (κ3) is 5.83. The number of rotatable bonds is 11. The van der Waals surface area contributed by atoms with Gasteiger partial charge in [-0.1, -0.05) is 66.9 Å². The summed E-state index contributed by atoms with van der Waals surface area (Å²) in [5.74, 6) is -0.125. The smallest absolute Gasteiger partial charge is 0.216 e. The summed E-state index contributed by atoms with van der Waals surface area (Å²) >= 11 is 6.60. The minimum atomic E-state index is -1.54. The van der Waals surface area contributed by atoms with E-state index in [9.17, 15) is 14.7 Å². The first-order valence-corrected chi connectivity index (χ1v) is 10.8. The fraction of sp³-hybridized carbons (Fsp3) is 0.417. The molecule has 2 aromatic rings. The molecular formula is C24H31ClN2O3. The quantitative estimate of drug-likeness (QED) is 0.310. The SMILES string of the molecule is CCCCN(C=O)C(O)(CCCNC(C)=O)c1cccc(Cl)c1-c1cccc(C)c1. The van der Waals surface area contributed by atoms with Gasteiger partial charge in [-0.3, -0.25) is 9.59 Å². The number of halogens is 1. The number of benzene rings is 2. The van der Waals surface area contributed by atoms with Crippen molar-refractivity contribution in [3.05, 3.63) is 58.6 Å². The molecule has 5 nitrogen and oxygen atoms in total. The summed E-state index contributed by atoms with van der Waals surface area (Å²) in [4.78, 5) is 24.7. The van der Waals surface area contributed by atoms with Crippen molar-refractivity contribution in [2.75, 3.05) is 13.1 Å². The molecule has 2 rings (SSSR count). The molecule has 2 amide bonds. The lowest BCUT2D eigenvalue weighted by Gasteiger charge is -2.39. The van der Waals surface area contributed by atoms with Gasteiger partial charge < -0.3 is 15.3 Å². The highest BCUT2D eigenvalue weighted by Gasteiger charge is 2.37. The van der Waals surface area contributed by atoms with E-state index in [-0.39, 0.29) is 12.3 Å². The summed E-state index contributed by atoms with van der Waals surface area (Å²) in [6.07, 6.45) is 3.15. The first kappa shape index (κ1) is 23.9. The van der Waals surface area contributed by atoms with E-state index in [1.165, 1.54) is 11.8 Å². The van der Waals surface area contributed by atoms with Gasteiger partial charge in [-0.15, -0.1) is 0 Å². The number of amides is 2. The Hall–Kier alpha value is -2.37. The molecule has 0 aromatic heterocycles. The number of hydrogen-bond acceptors (Lipinski definition) is 3. The molecule has 0 radical (unpaired) electrons. The summed E-state index contributed by atoms with van der Waals surface area (Å²) in [6.45, 7) is 6.34. The van der Waals surface area contributed by atoms with Crippen molar-refractivity contribution < 1.29 is 14.7 Å². The lowest BCUT2D eigenvalue weighted by atomic mass is 9.88. The number of nitrogens with zero attached hydrogens (tertiary/aromatic N) is 1. The predicted octanol–water partition coefficient (Wildman–Crippen LogP) is 4.64. The van der Waals surface area contributed by atoms with Crippen LogP contribution in [0.2, 0.25) is 5.02 Å². The zero-order valence-corrected chi connectivity index (χ0v) is 18.7. The van der Waals surface area contributed by atoms with Crippen LogP contribution in [0.15, 0.2) is 42.5 Å². The molecule has 30 heavy (non-hydrogen) atoms. The number of aliphatic hydroxyl groups is 1. The molecule has 0 aliphatic rings. The van der Waals surface area contributed by atoms with Crippen LogP contribution in [-0.2, 0) is 15.3 Å². The van der Waals surface area contributed by atoms with Gasteiger partial charge in [0.1, 0.15) is 0 Å². The average molecular weight is 431 g/mol. The van der Waals surface area contributed by atoms with Crippen molar-refractivity contribution in [3.63, 3.8) is 0 Å². The number of carbonyl (C=O) groups is 2. The maximum atomic E-state index is 12.0. The van der Waals surface area contributed by atoms with E-state index in [4.69, 9.17) is 11.6 Å². The third-order valence-electron chi connectivity index (χ3n) is 5.18. The standard InChI is InChI=1S/C24H31ClN2O3/c1-4-5-15-27(17-28)24(30,13-8-14-26-19(3)29)21-11-7-12-22(25)23(21)20-10-6-9-18(2)16-20/h6-7,9-12,16-17,30H,4-5,8,13-15H2,1-3H3,(H,26,29). The van der Waals surface area contributed by atoms with E-state index in [0.717, 1.165) is 24.0 Å². The lowest BCUT2D eigenvalue weighted by Crippen LogP contribution is -2.47. The van der Waals surface area contributed by atoms with E-state index in [1.54, 1.807) is 12.1 Å². The van der Waals surface area contributed by atoms with Gasteiger partial charge in [-0.05, 0) is 31.4 Å². The van der Waals surface area contributed by atoms with Crippen LogP contribution in [0.25, 0.3) is 11.1 Å². The minimum absolute atomic E-state index is 0.125. The Morgan fingerprint density at radius 1 is 1.23 bits per heavy atom. The second-order valence-electron chi connectivity index (χ2n) is 7.59. The molecule has 0 fully saturated rings. The van der Waals surface area contributed by atoms with Crippen LogP contribution < -0.4 is 5.32 Å². The number of carbonyl (C=O) groups excluding carboxylic acids is 2. The Balaban J connectivity index is 2.55. The van der Waals surface area contributed by atoms with Crippen molar-refractivity contribution in [3.8, 4) is 11.1 Å². The van der Waals surface area contributed by atoms with Gasteiger partial charge in [-0.2, -0.15) is 0 Å². The Kier molecular flexibility index (Phi) is 8.88. The van der Waals surface area contributed by atoms with Crippen molar-refractivity contribution >= 4 is 23.9 Å². The Bertz CT molecular complexity index is 871. The lowest BCUT2D eigenvalue weighted by molar-refractivity contribution is -0.152. The van der Waals surface area contributed by atoms with Gasteiger partial charge in [0.05, 0.1) is 0 Å². The summed E-state index contributed by atoms with van der Waals surface area (Å²) in [5.41, 5.74) is 1.72. The predicted molar refractivity (Wildman–Crippen MR) is 121 cm³/mol. The first-order chi connectivity index (χ1) is 14.3. The highest BCUT2D eigenvalue weighted by Crippen LogP contribution is 2.41. The fourth-order valence-electron chi connectivity index (χ4n) is 3.64. The van der Waals surface area contributed by atoms with E-state index < -0.39 is 5.72 Å². The molecule has 0 bridgehead atoms. The monoisotopic (exact) mass is 430 g/mol. The Morgan fingerprint density at radius 2 is 1.97 bits per heavy atom. The zero-order chi connectivity index (χ0) is 22.1. The van der Waals surface area contributed by atoms with Crippen molar-refractivity contribution in [1.29, 1.82) is 0 Å². The molecule has 0 aliphatic heterocycles. The number of unbranched alkanes of at least 4 members (excludes halogenated alkanes) is 1. The van der Waals surface area contributed by atoms with E-state index >= 15 is 0 Å². The normalized spacial score (nSPS) is 12.8. The summed E-state index contributed by atoms with van der Waals surface area (Å²) < 4.78 is 0. The van der Waals surface area contributed by atoms with Gasteiger partial charge in [0.25, 0.3) is 0 Å². The van der Waals surface area contributed by atoms with E-state index in [0.29, 0.717) is 42.1 Å². The van der Waals surface area contributed by atoms with Gasteiger partial charge >= 0.3 is 0 Å². The van der Waals surface area contributed by atoms with Crippen LogP contribution in [0, 0.1) is 6.92 Å². The maximum absolute atomic E-state index is 12.0. The second-order valence-corrected chi connectivity index (χ2v) is 7.99. The Labute approximate surface area is 184 Å². The summed E-state index contributed by atoms with van der Waals surface area (Å²) in [6, 6.07) is 13.3. The zero-order valence-electron chi connectivity index (χ0n) is 18.0. The third-order valence-corrected chi connectivity index (χ3v) is 5.50. The Morgan fingerprint density at radius 3 is 2.60 bits per heavy atom. The van der Waals surface area contributed by atoms with Gasteiger partial charge in [-0.25, -0.2) is 0 Å².